The second kappa shape index (κ2) is 7.33. The monoisotopic (exact) mass is 381 g/mol. The highest BCUT2D eigenvalue weighted by molar-refractivity contribution is 5.76. The highest BCUT2D eigenvalue weighted by Crippen LogP contribution is 2.26. The molecule has 2 aromatic heterocycles. The van der Waals surface area contributed by atoms with Crippen molar-refractivity contribution in [2.24, 2.45) is 0 Å². The number of ether oxygens (including phenoxy) is 1. The average molecular weight is 381 g/mol. The number of aromatic nitrogens is 5. The van der Waals surface area contributed by atoms with Gasteiger partial charge in [0.2, 0.25) is 17.8 Å². The summed E-state index contributed by atoms with van der Waals surface area (Å²) < 4.78 is 7.37. The molecule has 1 atom stereocenters. The fraction of sp³-hybridized carbons (Fsp3) is 0.474. The van der Waals surface area contributed by atoms with Crippen LogP contribution in [0.2, 0.25) is 0 Å². The number of fused-ring (bicyclic) bond motifs is 1. The molecule has 0 bridgehead atoms. The number of para-hydroxylation sites is 2. The highest BCUT2D eigenvalue weighted by atomic mass is 16.5. The topological polar surface area (TPSA) is 92.4 Å². The van der Waals surface area contributed by atoms with E-state index in [9.17, 15) is 5.11 Å². The Bertz CT molecular complexity index is 970. The summed E-state index contributed by atoms with van der Waals surface area (Å²) in [6, 6.07) is 7.97. The average Bonchev–Trinajstić information content (AvgIpc) is 3.41. The Balaban J connectivity index is 1.62. The number of benzene rings is 1. The largest absolute Gasteiger partial charge is 0.394 e. The first-order chi connectivity index (χ1) is 13.8. The maximum Gasteiger partial charge on any atom is 0.242 e. The smallest absolute Gasteiger partial charge is 0.242 e. The van der Waals surface area contributed by atoms with Crippen LogP contribution in [0.25, 0.3) is 17.0 Å². The van der Waals surface area contributed by atoms with Crippen LogP contribution in [0.1, 0.15) is 12.8 Å². The van der Waals surface area contributed by atoms with Gasteiger partial charge in [-0.25, -0.2) is 4.98 Å². The van der Waals surface area contributed by atoms with E-state index in [1.165, 1.54) is 0 Å². The lowest BCUT2D eigenvalue weighted by atomic mass is 10.2. The van der Waals surface area contributed by atoms with Crippen molar-refractivity contribution in [1.82, 2.24) is 24.5 Å². The van der Waals surface area contributed by atoms with E-state index < -0.39 is 0 Å². The number of aliphatic hydroxyl groups excluding tert-OH is 1. The molecule has 9 nitrogen and oxygen atoms in total. The van der Waals surface area contributed by atoms with Crippen molar-refractivity contribution in [2.75, 3.05) is 49.3 Å². The molecular formula is C19H23N7O2. The molecule has 1 unspecified atom stereocenters. The van der Waals surface area contributed by atoms with E-state index >= 15 is 0 Å². The molecule has 9 heteroatoms. The lowest BCUT2D eigenvalue weighted by Gasteiger charge is -2.29. The lowest BCUT2D eigenvalue weighted by molar-refractivity contribution is 0.122. The van der Waals surface area contributed by atoms with Gasteiger partial charge in [-0.3, -0.25) is 4.57 Å². The maximum atomic E-state index is 9.76. The molecule has 0 spiro atoms. The number of hydrogen-bond acceptors (Lipinski definition) is 8. The quantitative estimate of drug-likeness (QED) is 0.716. The van der Waals surface area contributed by atoms with Crippen LogP contribution < -0.4 is 9.80 Å². The van der Waals surface area contributed by atoms with Gasteiger partial charge < -0.3 is 19.6 Å². The molecule has 0 aliphatic carbocycles. The standard InChI is InChI=1S/C19H23N7O2/c27-12-14-4-3-7-25(14)18-21-17(24-8-10-28-11-9-24)22-19(23-18)26-13-20-15-5-1-2-6-16(15)26/h1-2,5-6,13-14,27H,3-4,7-12H2. The van der Waals surface area contributed by atoms with Crippen LogP contribution in [0.5, 0.6) is 0 Å². The molecule has 2 aliphatic rings. The second-order valence-corrected chi connectivity index (χ2v) is 7.11. The Morgan fingerprint density at radius 1 is 1.00 bits per heavy atom. The van der Waals surface area contributed by atoms with Gasteiger partial charge in [-0.15, -0.1) is 0 Å². The van der Waals surface area contributed by atoms with Crippen molar-refractivity contribution in [1.29, 1.82) is 0 Å². The Morgan fingerprint density at radius 2 is 1.79 bits per heavy atom. The second-order valence-electron chi connectivity index (χ2n) is 7.11. The molecule has 3 aromatic rings. The molecule has 5 rings (SSSR count). The zero-order valence-corrected chi connectivity index (χ0v) is 15.6. The van der Waals surface area contributed by atoms with Gasteiger partial charge in [-0.2, -0.15) is 15.0 Å². The van der Waals surface area contributed by atoms with Crippen molar-refractivity contribution in [3.05, 3.63) is 30.6 Å². The molecule has 146 valence electrons. The minimum Gasteiger partial charge on any atom is -0.394 e. The molecular weight excluding hydrogens is 358 g/mol. The lowest BCUT2D eigenvalue weighted by Crippen LogP contribution is -2.39. The van der Waals surface area contributed by atoms with Crippen LogP contribution in [0, 0.1) is 0 Å². The van der Waals surface area contributed by atoms with Gasteiger partial charge in [0.1, 0.15) is 6.33 Å². The van der Waals surface area contributed by atoms with E-state index in [0.29, 0.717) is 31.1 Å². The van der Waals surface area contributed by atoms with E-state index in [0.717, 1.165) is 43.5 Å². The summed E-state index contributed by atoms with van der Waals surface area (Å²) in [5.74, 6) is 1.80. The van der Waals surface area contributed by atoms with Crippen molar-refractivity contribution >= 4 is 22.9 Å². The van der Waals surface area contributed by atoms with Crippen LogP contribution >= 0.6 is 0 Å². The Morgan fingerprint density at radius 3 is 2.64 bits per heavy atom. The van der Waals surface area contributed by atoms with E-state index in [4.69, 9.17) is 19.7 Å². The van der Waals surface area contributed by atoms with Crippen molar-refractivity contribution in [2.45, 2.75) is 18.9 Å². The molecule has 0 saturated carbocycles. The third-order valence-electron chi connectivity index (χ3n) is 5.41. The van der Waals surface area contributed by atoms with Crippen LogP contribution in [-0.2, 0) is 4.74 Å². The molecule has 0 amide bonds. The van der Waals surface area contributed by atoms with Crippen molar-refractivity contribution in [3.8, 4) is 5.95 Å². The first-order valence-electron chi connectivity index (χ1n) is 9.72. The Labute approximate surface area is 162 Å². The Hall–Kier alpha value is -2.78. The number of morpholine rings is 1. The zero-order valence-electron chi connectivity index (χ0n) is 15.6. The minimum atomic E-state index is 0.0484. The summed E-state index contributed by atoms with van der Waals surface area (Å²) in [7, 11) is 0. The number of rotatable bonds is 4. The van der Waals surface area contributed by atoms with E-state index in [1.54, 1.807) is 6.33 Å². The zero-order chi connectivity index (χ0) is 18.9. The molecule has 0 radical (unpaired) electrons. The van der Waals surface area contributed by atoms with E-state index in [1.807, 2.05) is 28.8 Å². The number of nitrogens with zero attached hydrogens (tertiary/aromatic N) is 7. The van der Waals surface area contributed by atoms with Crippen molar-refractivity contribution < 1.29 is 9.84 Å². The number of anilines is 2. The normalized spacial score (nSPS) is 20.2. The first kappa shape index (κ1) is 17.3. The third-order valence-corrected chi connectivity index (χ3v) is 5.41. The first-order valence-corrected chi connectivity index (χ1v) is 9.72. The van der Waals surface area contributed by atoms with Crippen molar-refractivity contribution in [3.63, 3.8) is 0 Å². The molecule has 2 aliphatic heterocycles. The van der Waals surface area contributed by atoms with Gasteiger partial charge >= 0.3 is 0 Å². The predicted molar refractivity (Wildman–Crippen MR) is 105 cm³/mol. The van der Waals surface area contributed by atoms with Crippen LogP contribution in [0.3, 0.4) is 0 Å². The van der Waals surface area contributed by atoms with Gasteiger partial charge in [-0.1, -0.05) is 12.1 Å². The number of imidazole rings is 1. The van der Waals surface area contributed by atoms with Crippen LogP contribution in [0.15, 0.2) is 30.6 Å². The van der Waals surface area contributed by atoms with Gasteiger partial charge in [0.15, 0.2) is 0 Å². The molecule has 2 fully saturated rings. The van der Waals surface area contributed by atoms with Crippen LogP contribution in [-0.4, -0.2) is 75.1 Å². The number of aliphatic hydroxyl groups is 1. The minimum absolute atomic E-state index is 0.0484. The van der Waals surface area contributed by atoms with Crippen LogP contribution in [0.4, 0.5) is 11.9 Å². The molecule has 4 heterocycles. The third kappa shape index (κ3) is 3.06. The van der Waals surface area contributed by atoms with Gasteiger partial charge in [0.05, 0.1) is 36.9 Å². The molecule has 28 heavy (non-hydrogen) atoms. The fourth-order valence-corrected chi connectivity index (χ4v) is 3.89. The van der Waals surface area contributed by atoms with Gasteiger partial charge in [0.25, 0.3) is 0 Å². The summed E-state index contributed by atoms with van der Waals surface area (Å²) in [6.07, 6.45) is 3.71. The molecule has 1 N–H and O–H groups in total. The number of hydrogen-bond donors (Lipinski definition) is 1. The van der Waals surface area contributed by atoms with E-state index in [-0.39, 0.29) is 12.6 Å². The van der Waals surface area contributed by atoms with Gasteiger partial charge in [-0.05, 0) is 25.0 Å². The predicted octanol–water partition coefficient (Wildman–Crippen LogP) is 1.01. The highest BCUT2D eigenvalue weighted by Gasteiger charge is 2.28. The SMILES string of the molecule is OCC1CCCN1c1nc(N2CCOCC2)nc(-n2cnc3ccccc32)n1. The van der Waals surface area contributed by atoms with Gasteiger partial charge in [0, 0.05) is 19.6 Å². The summed E-state index contributed by atoms with van der Waals surface area (Å²) in [4.78, 5) is 23.0. The summed E-state index contributed by atoms with van der Waals surface area (Å²) in [5, 5.41) is 9.76. The van der Waals surface area contributed by atoms with E-state index in [2.05, 4.69) is 14.8 Å². The maximum absolute atomic E-state index is 9.76. The fourth-order valence-electron chi connectivity index (χ4n) is 3.89. The summed E-state index contributed by atoms with van der Waals surface area (Å²) in [5.41, 5.74) is 1.85. The summed E-state index contributed by atoms with van der Waals surface area (Å²) in [6.45, 7) is 3.75. The molecule has 1 aromatic carbocycles. The summed E-state index contributed by atoms with van der Waals surface area (Å²) >= 11 is 0. The Kier molecular flexibility index (Phi) is 4.53. The molecule has 2 saturated heterocycles.